The molecule has 0 spiro atoms. The molecule has 1 fully saturated rings. The number of aromatic amines is 1. The van der Waals surface area contributed by atoms with Gasteiger partial charge in [0.25, 0.3) is 0 Å². The van der Waals surface area contributed by atoms with Crippen LogP contribution in [0.15, 0.2) is 12.3 Å². The van der Waals surface area contributed by atoms with Crippen molar-refractivity contribution in [3.63, 3.8) is 0 Å². The molecule has 2 aromatic heterocycles. The third-order valence-electron chi connectivity index (χ3n) is 3.08. The van der Waals surface area contributed by atoms with Crippen molar-refractivity contribution in [1.82, 2.24) is 15.0 Å². The summed E-state index contributed by atoms with van der Waals surface area (Å²) in [4.78, 5) is 21.7. The molecule has 17 heavy (non-hydrogen) atoms. The van der Waals surface area contributed by atoms with Gasteiger partial charge in [-0.1, -0.05) is 0 Å². The van der Waals surface area contributed by atoms with Crippen LogP contribution in [0, 0.1) is 0 Å². The predicted molar refractivity (Wildman–Crippen MR) is 62.2 cm³/mol. The monoisotopic (exact) mass is 231 g/mol. The summed E-state index contributed by atoms with van der Waals surface area (Å²) < 4.78 is 5.92. The van der Waals surface area contributed by atoms with Crippen LogP contribution in [0.5, 0.6) is 5.75 Å². The average Bonchev–Trinajstić information content (AvgIpc) is 2.97. The van der Waals surface area contributed by atoms with Crippen LogP contribution in [0.2, 0.25) is 0 Å². The molecule has 88 valence electrons. The summed E-state index contributed by atoms with van der Waals surface area (Å²) in [6.07, 6.45) is 7.26. The van der Waals surface area contributed by atoms with Crippen LogP contribution in [0.3, 0.4) is 0 Å². The van der Waals surface area contributed by atoms with Crippen LogP contribution >= 0.6 is 0 Å². The molecule has 0 amide bonds. The molecule has 0 atom stereocenters. The number of aldehydes is 1. The minimum Gasteiger partial charge on any atom is -0.488 e. The molecule has 0 radical (unpaired) electrons. The number of carbonyl (C=O) groups is 1. The van der Waals surface area contributed by atoms with Crippen LogP contribution in [-0.2, 0) is 0 Å². The van der Waals surface area contributed by atoms with Gasteiger partial charge >= 0.3 is 0 Å². The molecule has 3 rings (SSSR count). The fourth-order valence-electron chi connectivity index (χ4n) is 2.25. The van der Waals surface area contributed by atoms with Gasteiger partial charge in [0, 0.05) is 12.3 Å². The maximum atomic E-state index is 10.7. The fourth-order valence-corrected chi connectivity index (χ4v) is 2.25. The second kappa shape index (κ2) is 4.16. The lowest BCUT2D eigenvalue weighted by atomic mass is 10.3. The largest absolute Gasteiger partial charge is 0.488 e. The first-order valence-electron chi connectivity index (χ1n) is 5.83. The van der Waals surface area contributed by atoms with Gasteiger partial charge in [0.1, 0.15) is 11.3 Å². The molecule has 0 unspecified atom stereocenters. The van der Waals surface area contributed by atoms with Crippen molar-refractivity contribution in [1.29, 1.82) is 0 Å². The van der Waals surface area contributed by atoms with Crippen LogP contribution in [0.4, 0.5) is 0 Å². The normalized spacial score (nSPS) is 16.5. The molecule has 1 aliphatic rings. The molecular weight excluding hydrogens is 218 g/mol. The van der Waals surface area contributed by atoms with Gasteiger partial charge < -0.3 is 9.72 Å². The first kappa shape index (κ1) is 10.3. The summed E-state index contributed by atoms with van der Waals surface area (Å²) in [6.45, 7) is 0. The van der Waals surface area contributed by atoms with Crippen molar-refractivity contribution < 1.29 is 9.53 Å². The van der Waals surface area contributed by atoms with Crippen molar-refractivity contribution in [2.24, 2.45) is 0 Å². The van der Waals surface area contributed by atoms with Crippen molar-refractivity contribution in [3.05, 3.63) is 18.1 Å². The molecule has 5 nitrogen and oxygen atoms in total. The molecule has 1 N–H and O–H groups in total. The van der Waals surface area contributed by atoms with Gasteiger partial charge in [-0.05, 0) is 25.7 Å². The van der Waals surface area contributed by atoms with Gasteiger partial charge in [0.15, 0.2) is 17.8 Å². The van der Waals surface area contributed by atoms with Gasteiger partial charge in [-0.2, -0.15) is 0 Å². The fraction of sp³-hybridized carbons (Fsp3) is 0.417. The molecule has 1 aliphatic carbocycles. The zero-order valence-corrected chi connectivity index (χ0v) is 9.35. The lowest BCUT2D eigenvalue weighted by Crippen LogP contribution is -2.11. The number of fused-ring (bicyclic) bond motifs is 1. The van der Waals surface area contributed by atoms with E-state index >= 15 is 0 Å². The van der Waals surface area contributed by atoms with E-state index in [2.05, 4.69) is 15.0 Å². The molecule has 2 heterocycles. The Labute approximate surface area is 98.2 Å². The average molecular weight is 231 g/mol. The van der Waals surface area contributed by atoms with E-state index in [1.54, 1.807) is 6.20 Å². The van der Waals surface area contributed by atoms with Gasteiger partial charge in [-0.15, -0.1) is 0 Å². The SMILES string of the molecule is O=Cc1nc2nccc(OC3CCCC3)c2[nH]1. The van der Waals surface area contributed by atoms with Gasteiger partial charge in [0.2, 0.25) is 0 Å². The Morgan fingerprint density at radius 1 is 1.41 bits per heavy atom. The zero-order chi connectivity index (χ0) is 11.7. The number of nitrogens with zero attached hydrogens (tertiary/aromatic N) is 2. The van der Waals surface area contributed by atoms with E-state index in [-0.39, 0.29) is 11.9 Å². The maximum Gasteiger partial charge on any atom is 0.185 e. The van der Waals surface area contributed by atoms with Gasteiger partial charge in [0.05, 0.1) is 6.10 Å². The van der Waals surface area contributed by atoms with E-state index in [4.69, 9.17) is 4.74 Å². The number of rotatable bonds is 3. The number of pyridine rings is 1. The van der Waals surface area contributed by atoms with Crippen LogP contribution in [0.25, 0.3) is 11.2 Å². The summed E-state index contributed by atoms with van der Waals surface area (Å²) >= 11 is 0. The topological polar surface area (TPSA) is 67.9 Å². The highest BCUT2D eigenvalue weighted by Gasteiger charge is 2.18. The third-order valence-corrected chi connectivity index (χ3v) is 3.08. The molecule has 1 saturated carbocycles. The highest BCUT2D eigenvalue weighted by molar-refractivity contribution is 5.83. The molecule has 0 bridgehead atoms. The highest BCUT2D eigenvalue weighted by atomic mass is 16.5. The molecule has 0 saturated heterocycles. The van der Waals surface area contributed by atoms with Crippen molar-refractivity contribution in [2.75, 3.05) is 0 Å². The van der Waals surface area contributed by atoms with Crippen molar-refractivity contribution >= 4 is 17.5 Å². The second-order valence-corrected chi connectivity index (χ2v) is 4.27. The van der Waals surface area contributed by atoms with Crippen LogP contribution in [-0.4, -0.2) is 27.3 Å². The van der Waals surface area contributed by atoms with E-state index in [0.717, 1.165) is 18.6 Å². The van der Waals surface area contributed by atoms with E-state index in [1.807, 2.05) is 6.07 Å². The van der Waals surface area contributed by atoms with Gasteiger partial charge in [-0.25, -0.2) is 9.97 Å². The lowest BCUT2D eigenvalue weighted by Gasteiger charge is -2.12. The molecule has 5 heteroatoms. The number of carbonyl (C=O) groups excluding carboxylic acids is 1. The maximum absolute atomic E-state index is 10.7. The Kier molecular flexibility index (Phi) is 2.51. The minimum atomic E-state index is 0.281. The van der Waals surface area contributed by atoms with Crippen molar-refractivity contribution in [3.8, 4) is 5.75 Å². The molecule has 0 aromatic carbocycles. The number of ether oxygens (including phenoxy) is 1. The van der Waals surface area contributed by atoms with E-state index < -0.39 is 0 Å². The number of hydrogen-bond acceptors (Lipinski definition) is 4. The quantitative estimate of drug-likeness (QED) is 0.821. The molecular formula is C12H13N3O2. The number of hydrogen-bond donors (Lipinski definition) is 1. The Hall–Kier alpha value is -1.91. The van der Waals surface area contributed by atoms with Gasteiger partial charge in [-0.3, -0.25) is 4.79 Å². The molecule has 0 aliphatic heterocycles. The lowest BCUT2D eigenvalue weighted by molar-refractivity contribution is 0.111. The Morgan fingerprint density at radius 3 is 3.00 bits per heavy atom. The predicted octanol–water partition coefficient (Wildman–Crippen LogP) is 2.09. The summed E-state index contributed by atoms with van der Waals surface area (Å²) in [5, 5.41) is 0. The van der Waals surface area contributed by atoms with E-state index in [0.29, 0.717) is 17.5 Å². The standard InChI is InChI=1S/C12H13N3O2/c16-7-10-14-11-9(5-6-13-12(11)15-10)17-8-3-1-2-4-8/h5-8H,1-4H2,(H,13,14,15). The van der Waals surface area contributed by atoms with Crippen LogP contribution in [0.1, 0.15) is 36.3 Å². The number of H-pyrrole nitrogens is 1. The second-order valence-electron chi connectivity index (χ2n) is 4.27. The Balaban J connectivity index is 1.96. The van der Waals surface area contributed by atoms with Crippen LogP contribution < -0.4 is 4.74 Å². The minimum absolute atomic E-state index is 0.281. The van der Waals surface area contributed by atoms with E-state index in [9.17, 15) is 4.79 Å². The van der Waals surface area contributed by atoms with E-state index in [1.165, 1.54) is 12.8 Å². The summed E-state index contributed by atoms with van der Waals surface area (Å²) in [5.74, 6) is 1.03. The Morgan fingerprint density at radius 2 is 2.24 bits per heavy atom. The molecule has 2 aromatic rings. The summed E-state index contributed by atoms with van der Waals surface area (Å²) in [7, 11) is 0. The van der Waals surface area contributed by atoms with Crippen molar-refractivity contribution in [2.45, 2.75) is 31.8 Å². The summed E-state index contributed by atoms with van der Waals surface area (Å²) in [5.41, 5.74) is 1.24. The number of imidazole rings is 1. The summed E-state index contributed by atoms with van der Waals surface area (Å²) in [6, 6.07) is 1.81. The number of aromatic nitrogens is 3. The zero-order valence-electron chi connectivity index (χ0n) is 9.35. The number of nitrogens with one attached hydrogen (secondary N) is 1. The third kappa shape index (κ3) is 1.88. The first-order valence-corrected chi connectivity index (χ1v) is 5.83. The smallest absolute Gasteiger partial charge is 0.185 e. The highest BCUT2D eigenvalue weighted by Crippen LogP contribution is 2.27. The Bertz CT molecular complexity index is 544. The first-order chi connectivity index (χ1) is 8.36.